The van der Waals surface area contributed by atoms with E-state index in [1.807, 2.05) is 0 Å². The van der Waals surface area contributed by atoms with Crippen molar-refractivity contribution in [3.63, 3.8) is 0 Å². The molecule has 1 rings (SSSR count). The Morgan fingerprint density at radius 2 is 0.893 bits per heavy atom. The van der Waals surface area contributed by atoms with Gasteiger partial charge in [0.15, 0.2) is 0 Å². The molecule has 1 aliphatic rings. The van der Waals surface area contributed by atoms with E-state index >= 15 is 0 Å². The number of hydrogen-bond donors (Lipinski definition) is 1. The Morgan fingerprint density at radius 1 is 0.500 bits per heavy atom. The maximum absolute atomic E-state index is 6.40. The predicted octanol–water partition coefficient (Wildman–Crippen LogP) is 8.90. The van der Waals surface area contributed by atoms with Crippen LogP contribution in [0.3, 0.4) is 0 Å². The molecular weight excluding hydrogens is 338 g/mol. The second-order valence-corrected chi connectivity index (χ2v) is 9.92. The van der Waals surface area contributed by atoms with Crippen LogP contribution in [0.2, 0.25) is 0 Å². The highest BCUT2D eigenvalue weighted by molar-refractivity contribution is 4.88. The molecule has 1 aliphatic carbocycles. The third kappa shape index (κ3) is 10.7. The van der Waals surface area contributed by atoms with Gasteiger partial charge in [-0.05, 0) is 49.5 Å². The van der Waals surface area contributed by atoms with Crippen molar-refractivity contribution < 1.29 is 0 Å². The number of nitrogens with two attached hydrogens (primary N) is 1. The van der Waals surface area contributed by atoms with Gasteiger partial charge in [0.25, 0.3) is 0 Å². The molecule has 4 unspecified atom stereocenters. The molecule has 0 aliphatic heterocycles. The predicted molar refractivity (Wildman–Crippen MR) is 128 cm³/mol. The summed E-state index contributed by atoms with van der Waals surface area (Å²) in [5, 5.41) is 0. The van der Waals surface area contributed by atoms with E-state index in [9.17, 15) is 0 Å². The zero-order valence-corrected chi connectivity index (χ0v) is 20.0. The molecule has 0 radical (unpaired) electrons. The summed E-state index contributed by atoms with van der Waals surface area (Å²) in [6.45, 7) is 7.93. The van der Waals surface area contributed by atoms with E-state index in [0.29, 0.717) is 0 Å². The van der Waals surface area contributed by atoms with Gasteiger partial charge >= 0.3 is 0 Å². The summed E-state index contributed by atoms with van der Waals surface area (Å²) in [5.41, 5.74) is 6.40. The fraction of sp³-hybridized carbons (Fsp3) is 1.00. The average molecular weight is 394 g/mol. The molecule has 0 aromatic rings. The molecule has 168 valence electrons. The van der Waals surface area contributed by atoms with Crippen LogP contribution in [0.4, 0.5) is 0 Å². The number of rotatable bonds is 18. The molecule has 0 amide bonds. The zero-order chi connectivity index (χ0) is 20.5. The van der Waals surface area contributed by atoms with Crippen LogP contribution in [0, 0.1) is 23.7 Å². The van der Waals surface area contributed by atoms with Crippen molar-refractivity contribution in [2.45, 2.75) is 143 Å². The smallest absolute Gasteiger partial charge is 0.00435 e. The van der Waals surface area contributed by atoms with E-state index in [-0.39, 0.29) is 0 Å². The van der Waals surface area contributed by atoms with Crippen molar-refractivity contribution in [3.8, 4) is 0 Å². The molecule has 0 heterocycles. The minimum Gasteiger partial charge on any atom is -0.330 e. The van der Waals surface area contributed by atoms with Crippen LogP contribution in [0.15, 0.2) is 0 Å². The second-order valence-electron chi connectivity index (χ2n) is 9.92. The molecule has 0 spiro atoms. The summed E-state index contributed by atoms with van der Waals surface area (Å²) >= 11 is 0. The van der Waals surface area contributed by atoms with Gasteiger partial charge in [0.05, 0.1) is 0 Å². The fourth-order valence-corrected chi connectivity index (χ4v) is 5.92. The lowest BCUT2D eigenvalue weighted by Crippen LogP contribution is -2.39. The Kier molecular flexibility index (Phi) is 16.5. The molecule has 0 saturated heterocycles. The summed E-state index contributed by atoms with van der Waals surface area (Å²) in [6, 6.07) is 0. The monoisotopic (exact) mass is 393 g/mol. The fourth-order valence-electron chi connectivity index (χ4n) is 5.92. The van der Waals surface area contributed by atoms with E-state index in [1.54, 1.807) is 0 Å². The summed E-state index contributed by atoms with van der Waals surface area (Å²) < 4.78 is 0. The van der Waals surface area contributed by atoms with Crippen LogP contribution in [-0.2, 0) is 0 Å². The SMILES string of the molecule is CCCCCCCCCCC1CCC(CCCCC)C(CCCCC)C1CN. The maximum Gasteiger partial charge on any atom is -0.00435 e. The third-order valence-corrected chi connectivity index (χ3v) is 7.69. The van der Waals surface area contributed by atoms with Crippen LogP contribution >= 0.6 is 0 Å². The van der Waals surface area contributed by atoms with Crippen molar-refractivity contribution in [1.82, 2.24) is 0 Å². The largest absolute Gasteiger partial charge is 0.330 e. The van der Waals surface area contributed by atoms with Gasteiger partial charge in [0, 0.05) is 0 Å². The lowest BCUT2D eigenvalue weighted by molar-refractivity contribution is 0.0715. The minimum absolute atomic E-state index is 0.821. The zero-order valence-electron chi connectivity index (χ0n) is 20.0. The normalized spacial score (nSPS) is 25.3. The summed E-state index contributed by atoms with van der Waals surface area (Å²) in [4.78, 5) is 0. The van der Waals surface area contributed by atoms with Crippen LogP contribution in [-0.4, -0.2) is 6.54 Å². The second kappa shape index (κ2) is 17.8. The number of hydrogen-bond acceptors (Lipinski definition) is 1. The maximum atomic E-state index is 6.40. The molecule has 0 bridgehead atoms. The molecule has 4 atom stereocenters. The van der Waals surface area contributed by atoms with Crippen molar-refractivity contribution in [2.75, 3.05) is 6.54 Å². The van der Waals surface area contributed by atoms with Crippen LogP contribution in [0.25, 0.3) is 0 Å². The van der Waals surface area contributed by atoms with Crippen molar-refractivity contribution >= 4 is 0 Å². The molecule has 1 heteroatoms. The van der Waals surface area contributed by atoms with E-state index in [4.69, 9.17) is 5.73 Å². The molecule has 0 aromatic heterocycles. The first kappa shape index (κ1) is 26.0. The van der Waals surface area contributed by atoms with Crippen molar-refractivity contribution in [2.24, 2.45) is 29.4 Å². The van der Waals surface area contributed by atoms with Gasteiger partial charge in [-0.3, -0.25) is 0 Å². The van der Waals surface area contributed by atoms with E-state index in [1.165, 1.54) is 122 Å². The van der Waals surface area contributed by atoms with E-state index in [0.717, 1.165) is 30.2 Å². The topological polar surface area (TPSA) is 26.0 Å². The van der Waals surface area contributed by atoms with Gasteiger partial charge in [-0.2, -0.15) is 0 Å². The van der Waals surface area contributed by atoms with E-state index in [2.05, 4.69) is 20.8 Å². The lowest BCUT2D eigenvalue weighted by atomic mass is 9.62. The highest BCUT2D eigenvalue weighted by Gasteiger charge is 2.37. The average Bonchev–Trinajstić information content (AvgIpc) is 2.71. The summed E-state index contributed by atoms with van der Waals surface area (Å²) in [7, 11) is 0. The molecule has 2 N–H and O–H groups in total. The molecule has 0 aromatic carbocycles. The first-order chi connectivity index (χ1) is 13.8. The van der Waals surface area contributed by atoms with Gasteiger partial charge in [0.1, 0.15) is 0 Å². The van der Waals surface area contributed by atoms with E-state index < -0.39 is 0 Å². The van der Waals surface area contributed by atoms with Crippen LogP contribution < -0.4 is 5.73 Å². The first-order valence-corrected chi connectivity index (χ1v) is 13.5. The lowest BCUT2D eigenvalue weighted by Gasteiger charge is -2.43. The Bertz CT molecular complexity index is 326. The molecule has 1 nitrogen and oxygen atoms in total. The van der Waals surface area contributed by atoms with Gasteiger partial charge in [-0.1, -0.05) is 124 Å². The standard InChI is InChI=1S/C27H55N/c1-4-7-10-11-12-13-14-17-19-25-22-21-24(18-15-8-5-2)26(27(25)23-28)20-16-9-6-3/h24-27H,4-23,28H2,1-3H3. The minimum atomic E-state index is 0.821. The van der Waals surface area contributed by atoms with Crippen LogP contribution in [0.1, 0.15) is 143 Å². The van der Waals surface area contributed by atoms with Gasteiger partial charge in [-0.15, -0.1) is 0 Å². The van der Waals surface area contributed by atoms with Crippen molar-refractivity contribution in [3.05, 3.63) is 0 Å². The number of unbranched alkanes of at least 4 members (excludes halogenated alkanes) is 11. The molecular formula is C27H55N. The molecule has 28 heavy (non-hydrogen) atoms. The quantitative estimate of drug-likeness (QED) is 0.231. The van der Waals surface area contributed by atoms with Gasteiger partial charge < -0.3 is 5.73 Å². The Labute approximate surface area is 179 Å². The Balaban J connectivity index is 2.42. The van der Waals surface area contributed by atoms with Gasteiger partial charge in [-0.25, -0.2) is 0 Å². The van der Waals surface area contributed by atoms with Crippen molar-refractivity contribution in [1.29, 1.82) is 0 Å². The Morgan fingerprint density at radius 3 is 1.43 bits per heavy atom. The van der Waals surface area contributed by atoms with Gasteiger partial charge in [0.2, 0.25) is 0 Å². The highest BCUT2D eigenvalue weighted by atomic mass is 14.6. The summed E-state index contributed by atoms with van der Waals surface area (Å²) in [5.74, 6) is 3.66. The first-order valence-electron chi connectivity index (χ1n) is 13.5. The Hall–Kier alpha value is -0.0400. The third-order valence-electron chi connectivity index (χ3n) is 7.69. The summed E-state index contributed by atoms with van der Waals surface area (Å²) in [6.07, 6.45) is 27.3. The van der Waals surface area contributed by atoms with Crippen LogP contribution in [0.5, 0.6) is 0 Å². The molecule has 1 saturated carbocycles. The molecule has 1 fully saturated rings. The highest BCUT2D eigenvalue weighted by Crippen LogP contribution is 2.45.